The summed E-state index contributed by atoms with van der Waals surface area (Å²) in [5.74, 6) is -4.72. The Balaban J connectivity index is 1.63. The summed E-state index contributed by atoms with van der Waals surface area (Å²) in [6.07, 6.45) is 0.231. The molecule has 0 aliphatic carbocycles. The zero-order valence-electron chi connectivity index (χ0n) is 21.2. The normalized spacial score (nSPS) is 14.2. The van der Waals surface area contributed by atoms with Crippen molar-refractivity contribution in [3.63, 3.8) is 0 Å². The van der Waals surface area contributed by atoms with Crippen molar-refractivity contribution in [2.75, 3.05) is 13.2 Å². The number of carbonyl (C=O) groups excluding carboxylic acids is 1. The lowest BCUT2D eigenvalue weighted by molar-refractivity contribution is -0.478. The largest absolute Gasteiger partial charge is 0.486 e. The minimum atomic E-state index is -3.58. The average molecular weight is 541 g/mol. The van der Waals surface area contributed by atoms with Crippen molar-refractivity contribution in [3.8, 4) is 17.2 Å². The molecule has 3 aromatic carbocycles. The van der Waals surface area contributed by atoms with Crippen LogP contribution in [0.3, 0.4) is 0 Å². The lowest BCUT2D eigenvalue weighted by atomic mass is 10.0. The van der Waals surface area contributed by atoms with E-state index in [1.165, 1.54) is 12.1 Å². The van der Waals surface area contributed by atoms with Gasteiger partial charge in [-0.3, -0.25) is 10.1 Å². The lowest BCUT2D eigenvalue weighted by Gasteiger charge is -2.28. The zero-order chi connectivity index (χ0) is 28.2. The van der Waals surface area contributed by atoms with Crippen LogP contribution in [0.1, 0.15) is 41.4 Å². The number of carboxylic acid groups (broad SMARTS) is 1. The van der Waals surface area contributed by atoms with E-state index in [4.69, 9.17) is 19.6 Å². The second-order valence-electron chi connectivity index (χ2n) is 9.10. The van der Waals surface area contributed by atoms with Crippen LogP contribution in [0.5, 0.6) is 17.2 Å². The van der Waals surface area contributed by atoms with Gasteiger partial charge in [0.25, 0.3) is 5.91 Å². The number of fused-ring (bicyclic) bond motifs is 1. The number of amides is 1. The summed E-state index contributed by atoms with van der Waals surface area (Å²) in [4.78, 5) is 23.3. The Morgan fingerprint density at radius 3 is 2.54 bits per heavy atom. The first kappa shape index (κ1) is 27.5. The van der Waals surface area contributed by atoms with E-state index in [2.05, 4.69) is 5.32 Å². The van der Waals surface area contributed by atoms with Crippen molar-refractivity contribution in [3.05, 3.63) is 77.4 Å². The van der Waals surface area contributed by atoms with Crippen LogP contribution in [0.25, 0.3) is 0 Å². The fraction of sp³-hybridized carbons (Fsp3) is 0.250. The van der Waals surface area contributed by atoms with Gasteiger partial charge in [-0.2, -0.15) is 8.78 Å². The van der Waals surface area contributed by atoms with Crippen LogP contribution in [-0.4, -0.2) is 48.4 Å². The van der Waals surface area contributed by atoms with E-state index < -0.39 is 29.9 Å². The summed E-state index contributed by atoms with van der Waals surface area (Å²) < 4.78 is 44.7. The molecule has 1 heterocycles. The molecular weight excluding hydrogens is 512 g/mol. The number of ether oxygens (including phenoxy) is 3. The van der Waals surface area contributed by atoms with E-state index in [9.17, 15) is 23.5 Å². The number of hydrogen-bond acceptors (Lipinski definition) is 6. The van der Waals surface area contributed by atoms with Gasteiger partial charge in [0.1, 0.15) is 36.4 Å². The molecule has 0 saturated carbocycles. The monoisotopic (exact) mass is 540 g/mol. The average Bonchev–Trinajstić information content (AvgIpc) is 2.91. The third-order valence-electron chi connectivity index (χ3n) is 6.04. The molecule has 9 nitrogen and oxygen atoms in total. The van der Waals surface area contributed by atoms with E-state index in [0.29, 0.717) is 59.9 Å². The Morgan fingerprint density at radius 2 is 1.85 bits per heavy atom. The molecule has 0 spiro atoms. The van der Waals surface area contributed by atoms with Gasteiger partial charge >= 0.3 is 11.9 Å². The van der Waals surface area contributed by atoms with Crippen LogP contribution < -0.4 is 24.8 Å². The number of halogens is 2. The van der Waals surface area contributed by atoms with Gasteiger partial charge < -0.3 is 30.0 Å². The summed E-state index contributed by atoms with van der Waals surface area (Å²) in [5.41, 5.74) is 2.45. The molecule has 0 saturated heterocycles. The molecule has 11 heteroatoms. The van der Waals surface area contributed by atoms with Crippen molar-refractivity contribution < 1.29 is 43.0 Å². The molecular formula is C28H28F2N3O6+. The van der Waals surface area contributed by atoms with Crippen LogP contribution in [0.4, 0.5) is 20.2 Å². The SMILES string of the molecule is C[C@H](NC(=O)C(C)(F)F)[C@H](Oc1ccc([NH2+]c2cccc(C(=O)O)c2)c(C=N)c1)c1ccc2c(c1)OCCO2. The first-order chi connectivity index (χ1) is 18.5. The molecule has 2 atom stereocenters. The molecule has 5 N–H and O–H groups in total. The van der Waals surface area contributed by atoms with Gasteiger partial charge in [-0.1, -0.05) is 12.1 Å². The third-order valence-corrected chi connectivity index (χ3v) is 6.04. The molecule has 39 heavy (non-hydrogen) atoms. The van der Waals surface area contributed by atoms with Gasteiger partial charge in [-0.15, -0.1) is 0 Å². The maximum atomic E-state index is 13.6. The second-order valence-corrected chi connectivity index (χ2v) is 9.10. The number of quaternary nitrogens is 1. The van der Waals surface area contributed by atoms with Gasteiger partial charge in [0.15, 0.2) is 11.5 Å². The fourth-order valence-electron chi connectivity index (χ4n) is 4.08. The number of alkyl halides is 2. The second kappa shape index (κ2) is 11.5. The number of benzene rings is 3. The number of carboxylic acids is 1. The molecule has 4 rings (SSSR count). The van der Waals surface area contributed by atoms with Crippen LogP contribution in [0.15, 0.2) is 60.7 Å². The molecule has 204 valence electrons. The summed E-state index contributed by atoms with van der Waals surface area (Å²) in [7, 11) is 0. The van der Waals surface area contributed by atoms with Crippen molar-refractivity contribution >= 4 is 29.5 Å². The summed E-state index contributed by atoms with van der Waals surface area (Å²) in [6.45, 7) is 2.83. The van der Waals surface area contributed by atoms with Crippen LogP contribution in [0.2, 0.25) is 0 Å². The zero-order valence-corrected chi connectivity index (χ0v) is 21.2. The fourth-order valence-corrected chi connectivity index (χ4v) is 4.08. The quantitative estimate of drug-likeness (QED) is 0.227. The first-order valence-corrected chi connectivity index (χ1v) is 12.1. The van der Waals surface area contributed by atoms with Crippen molar-refractivity contribution in [1.82, 2.24) is 5.32 Å². The molecule has 0 aromatic heterocycles. The number of nitrogens with one attached hydrogen (secondary N) is 2. The highest BCUT2D eigenvalue weighted by Gasteiger charge is 2.35. The summed E-state index contributed by atoms with van der Waals surface area (Å²) in [5, 5.41) is 21.2. The molecule has 1 amide bonds. The molecule has 3 aromatic rings. The third kappa shape index (κ3) is 6.68. The van der Waals surface area contributed by atoms with Crippen LogP contribution >= 0.6 is 0 Å². The van der Waals surface area contributed by atoms with Crippen molar-refractivity contribution in [2.24, 2.45) is 0 Å². The predicted octanol–water partition coefficient (Wildman–Crippen LogP) is 3.96. The molecule has 1 aliphatic heterocycles. The topological polar surface area (TPSA) is 135 Å². The summed E-state index contributed by atoms with van der Waals surface area (Å²) in [6, 6.07) is 15.5. The highest BCUT2D eigenvalue weighted by atomic mass is 19.3. The standard InChI is InChI=1S/C28H27F2N3O6/c1-16(32-27(36)28(2,29)30)25(17-6-9-23-24(14-17)38-11-10-37-23)39-21-7-8-22(19(13-21)15-31)33-20-5-3-4-18(12-20)26(34)35/h3-9,12-16,25,31,33H,10-11H2,1-2H3,(H,32,36)(H,34,35)/p+1/t16-,25-/m0/s1. The molecule has 0 bridgehead atoms. The van der Waals surface area contributed by atoms with Crippen molar-refractivity contribution in [1.29, 1.82) is 5.41 Å². The Hall–Kier alpha value is -4.51. The number of nitrogens with two attached hydrogens (primary N) is 1. The summed E-state index contributed by atoms with van der Waals surface area (Å²) >= 11 is 0. The molecule has 1 aliphatic rings. The van der Waals surface area contributed by atoms with Crippen LogP contribution in [0, 0.1) is 5.41 Å². The number of aromatic carboxylic acids is 1. The molecule has 0 unspecified atom stereocenters. The lowest BCUT2D eigenvalue weighted by Crippen LogP contribution is -2.71. The highest BCUT2D eigenvalue weighted by molar-refractivity contribution is 5.88. The van der Waals surface area contributed by atoms with Crippen molar-refractivity contribution in [2.45, 2.75) is 31.9 Å². The minimum Gasteiger partial charge on any atom is -0.486 e. The van der Waals surface area contributed by atoms with Gasteiger partial charge in [0, 0.05) is 25.3 Å². The predicted molar refractivity (Wildman–Crippen MR) is 138 cm³/mol. The maximum Gasteiger partial charge on any atom is 0.335 e. The van der Waals surface area contributed by atoms with Gasteiger partial charge in [0.2, 0.25) is 0 Å². The highest BCUT2D eigenvalue weighted by Crippen LogP contribution is 2.35. The Labute approximate surface area is 223 Å². The Bertz CT molecular complexity index is 1390. The maximum absolute atomic E-state index is 13.6. The Kier molecular flexibility index (Phi) is 8.10. The smallest absolute Gasteiger partial charge is 0.335 e. The van der Waals surface area contributed by atoms with Crippen LogP contribution in [-0.2, 0) is 4.79 Å². The number of carbonyl (C=O) groups is 2. The number of hydrogen-bond donors (Lipinski definition) is 4. The van der Waals surface area contributed by atoms with E-state index in [0.717, 1.165) is 6.21 Å². The van der Waals surface area contributed by atoms with E-state index in [1.807, 2.05) is 0 Å². The first-order valence-electron chi connectivity index (χ1n) is 12.1. The van der Waals surface area contributed by atoms with E-state index in [-0.39, 0.29) is 5.56 Å². The molecule has 0 radical (unpaired) electrons. The molecule has 0 fully saturated rings. The minimum absolute atomic E-state index is 0.135. The van der Waals surface area contributed by atoms with Gasteiger partial charge in [-0.25, -0.2) is 4.79 Å². The Morgan fingerprint density at radius 1 is 1.10 bits per heavy atom. The van der Waals surface area contributed by atoms with E-state index in [1.54, 1.807) is 60.8 Å². The van der Waals surface area contributed by atoms with E-state index >= 15 is 0 Å². The number of rotatable bonds is 10. The van der Waals surface area contributed by atoms with Gasteiger partial charge in [-0.05, 0) is 48.9 Å². The van der Waals surface area contributed by atoms with Gasteiger partial charge in [0.05, 0.1) is 17.2 Å².